The summed E-state index contributed by atoms with van der Waals surface area (Å²) >= 11 is 4.94. The molecule has 0 spiro atoms. The van der Waals surface area contributed by atoms with Gasteiger partial charge in [-0.2, -0.15) is 0 Å². The Morgan fingerprint density at radius 3 is 2.67 bits per heavy atom. The van der Waals surface area contributed by atoms with Gasteiger partial charge in [0.2, 0.25) is 0 Å². The fourth-order valence-electron chi connectivity index (χ4n) is 2.74. The van der Waals surface area contributed by atoms with Crippen molar-refractivity contribution in [3.8, 4) is 0 Å². The molecule has 1 aliphatic rings. The highest BCUT2D eigenvalue weighted by atomic mass is 79.9. The predicted octanol–water partition coefficient (Wildman–Crippen LogP) is 4.21. The van der Waals surface area contributed by atoms with E-state index in [1.54, 1.807) is 0 Å². The summed E-state index contributed by atoms with van der Waals surface area (Å²) in [6.45, 7) is 7.27. The second-order valence-electron chi connectivity index (χ2n) is 5.19. The molecule has 0 amide bonds. The molecule has 1 aliphatic heterocycles. The van der Waals surface area contributed by atoms with Gasteiger partial charge < -0.3 is 0 Å². The molecule has 100 valence electrons. The Bertz CT molecular complexity index is 425. The fraction of sp³-hybridized carbons (Fsp3) is 0.643. The summed E-state index contributed by atoms with van der Waals surface area (Å²) in [4.78, 5) is 15.3. The lowest BCUT2D eigenvalue weighted by Crippen LogP contribution is -2.30. The highest BCUT2D eigenvalue weighted by molar-refractivity contribution is 9.11. The van der Waals surface area contributed by atoms with Gasteiger partial charge in [-0.3, -0.25) is 9.69 Å². The first kappa shape index (κ1) is 14.2. The maximum absolute atomic E-state index is 12.1. The van der Waals surface area contributed by atoms with Crippen LogP contribution >= 0.6 is 27.3 Å². The molecule has 0 bridgehead atoms. The van der Waals surface area contributed by atoms with E-state index >= 15 is 0 Å². The second kappa shape index (κ2) is 5.85. The van der Waals surface area contributed by atoms with Gasteiger partial charge in [0.25, 0.3) is 0 Å². The number of Topliss-reactive ketones (excluding diaryl/α,β-unsaturated/α-hetero) is 1. The number of likely N-dealkylation sites (tertiary alicyclic amines) is 1. The molecule has 0 N–H and O–H groups in total. The van der Waals surface area contributed by atoms with Crippen molar-refractivity contribution in [3.63, 3.8) is 0 Å². The Labute approximate surface area is 122 Å². The second-order valence-corrected chi connectivity index (χ2v) is 7.66. The van der Waals surface area contributed by atoms with Crippen LogP contribution in [0.15, 0.2) is 15.9 Å². The molecule has 0 radical (unpaired) electrons. The van der Waals surface area contributed by atoms with E-state index in [0.29, 0.717) is 12.0 Å². The molecule has 1 fully saturated rings. The van der Waals surface area contributed by atoms with Gasteiger partial charge in [-0.05, 0) is 59.3 Å². The van der Waals surface area contributed by atoms with Gasteiger partial charge in [0, 0.05) is 6.54 Å². The first-order chi connectivity index (χ1) is 8.58. The molecular weight excluding hydrogens is 310 g/mol. The lowest BCUT2D eigenvalue weighted by atomic mass is 9.82. The monoisotopic (exact) mass is 329 g/mol. The predicted molar refractivity (Wildman–Crippen MR) is 80.4 cm³/mol. The number of carbonyl (C=O) groups excluding carboxylic acids is 1. The van der Waals surface area contributed by atoms with Crippen molar-refractivity contribution in [3.05, 3.63) is 20.8 Å². The van der Waals surface area contributed by atoms with Crippen molar-refractivity contribution < 1.29 is 4.79 Å². The van der Waals surface area contributed by atoms with E-state index in [9.17, 15) is 4.79 Å². The molecule has 18 heavy (non-hydrogen) atoms. The van der Waals surface area contributed by atoms with Crippen LogP contribution in [-0.4, -0.2) is 30.3 Å². The Morgan fingerprint density at radius 2 is 2.17 bits per heavy atom. The molecule has 1 aromatic heterocycles. The van der Waals surface area contributed by atoms with E-state index in [1.165, 1.54) is 30.6 Å². The third-order valence-electron chi connectivity index (χ3n) is 4.23. The first-order valence-corrected chi connectivity index (χ1v) is 8.20. The summed E-state index contributed by atoms with van der Waals surface area (Å²) in [6, 6.07) is 3.87. The van der Waals surface area contributed by atoms with Gasteiger partial charge in [0.15, 0.2) is 5.78 Å². The molecule has 0 atom stereocenters. The van der Waals surface area contributed by atoms with Crippen LogP contribution in [-0.2, 0) is 0 Å². The maximum atomic E-state index is 12.1. The van der Waals surface area contributed by atoms with Gasteiger partial charge in [-0.25, -0.2) is 0 Å². The zero-order chi connectivity index (χ0) is 13.2. The van der Waals surface area contributed by atoms with Crippen LogP contribution < -0.4 is 0 Å². The summed E-state index contributed by atoms with van der Waals surface area (Å²) < 4.78 is 1.03. The van der Waals surface area contributed by atoms with Crippen LogP contribution in [0.5, 0.6) is 0 Å². The number of rotatable bonds is 5. The molecule has 0 saturated carbocycles. The lowest BCUT2D eigenvalue weighted by molar-refractivity contribution is 0.0940. The quantitative estimate of drug-likeness (QED) is 0.754. The Balaban J connectivity index is 1.94. The third-order valence-corrected chi connectivity index (χ3v) is 5.90. The van der Waals surface area contributed by atoms with Crippen LogP contribution in [0.2, 0.25) is 0 Å². The molecule has 0 aromatic carbocycles. The van der Waals surface area contributed by atoms with E-state index < -0.39 is 0 Å². The Kier molecular flexibility index (Phi) is 4.62. The zero-order valence-corrected chi connectivity index (χ0v) is 13.4. The highest BCUT2D eigenvalue weighted by Crippen LogP contribution is 2.37. The van der Waals surface area contributed by atoms with Crippen molar-refractivity contribution in [1.29, 1.82) is 0 Å². The molecule has 0 aliphatic carbocycles. The number of thiophene rings is 1. The Hall–Kier alpha value is -0.190. The zero-order valence-electron chi connectivity index (χ0n) is 11.0. The SMILES string of the molecule is CCC1(CC)CCN(CC(=O)c2ccc(Br)s2)C1. The summed E-state index contributed by atoms with van der Waals surface area (Å²) in [7, 11) is 0. The average molecular weight is 330 g/mol. The van der Waals surface area contributed by atoms with Crippen LogP contribution in [0.1, 0.15) is 42.8 Å². The molecule has 1 aromatic rings. The summed E-state index contributed by atoms with van der Waals surface area (Å²) in [5.41, 5.74) is 0.455. The standard InChI is InChI=1S/C14H20BrNOS/c1-3-14(4-2)7-8-16(10-14)9-11(17)12-5-6-13(15)18-12/h5-6H,3-4,7-10H2,1-2H3. The van der Waals surface area contributed by atoms with Gasteiger partial charge in [0.05, 0.1) is 15.2 Å². The van der Waals surface area contributed by atoms with Crippen LogP contribution in [0.25, 0.3) is 0 Å². The van der Waals surface area contributed by atoms with Crippen LogP contribution in [0.3, 0.4) is 0 Å². The van der Waals surface area contributed by atoms with Crippen molar-refractivity contribution in [2.75, 3.05) is 19.6 Å². The fourth-order valence-corrected chi connectivity index (χ4v) is 4.05. The van der Waals surface area contributed by atoms with Crippen molar-refractivity contribution in [1.82, 2.24) is 4.90 Å². The Morgan fingerprint density at radius 1 is 1.44 bits per heavy atom. The molecule has 1 saturated heterocycles. The van der Waals surface area contributed by atoms with E-state index in [2.05, 4.69) is 34.7 Å². The molecule has 4 heteroatoms. The number of hydrogen-bond donors (Lipinski definition) is 0. The van der Waals surface area contributed by atoms with E-state index in [-0.39, 0.29) is 5.78 Å². The summed E-state index contributed by atoms with van der Waals surface area (Å²) in [6.07, 6.45) is 3.68. The third kappa shape index (κ3) is 3.03. The summed E-state index contributed by atoms with van der Waals surface area (Å²) in [5, 5.41) is 0. The summed E-state index contributed by atoms with van der Waals surface area (Å²) in [5.74, 6) is 0.258. The van der Waals surface area contributed by atoms with Crippen LogP contribution in [0.4, 0.5) is 0 Å². The number of hydrogen-bond acceptors (Lipinski definition) is 3. The number of ketones is 1. The molecule has 2 nitrogen and oxygen atoms in total. The number of halogens is 1. The number of carbonyl (C=O) groups is 1. The lowest BCUT2D eigenvalue weighted by Gasteiger charge is -2.26. The topological polar surface area (TPSA) is 20.3 Å². The molecule has 2 rings (SSSR count). The van der Waals surface area contributed by atoms with Crippen molar-refractivity contribution in [2.45, 2.75) is 33.1 Å². The maximum Gasteiger partial charge on any atom is 0.186 e. The highest BCUT2D eigenvalue weighted by Gasteiger charge is 2.35. The minimum absolute atomic E-state index is 0.258. The smallest absolute Gasteiger partial charge is 0.186 e. The van der Waals surface area contributed by atoms with Crippen molar-refractivity contribution >= 4 is 33.0 Å². The number of nitrogens with zero attached hydrogens (tertiary/aromatic N) is 1. The van der Waals surface area contributed by atoms with Crippen LogP contribution in [0, 0.1) is 5.41 Å². The van der Waals surface area contributed by atoms with Gasteiger partial charge in [-0.15, -0.1) is 11.3 Å². The minimum Gasteiger partial charge on any atom is -0.295 e. The molecule has 2 heterocycles. The van der Waals surface area contributed by atoms with E-state index in [4.69, 9.17) is 0 Å². The van der Waals surface area contributed by atoms with Gasteiger partial charge in [-0.1, -0.05) is 13.8 Å². The minimum atomic E-state index is 0.258. The molecule has 0 unspecified atom stereocenters. The normalized spacial score (nSPS) is 19.3. The van der Waals surface area contributed by atoms with E-state index in [0.717, 1.165) is 21.8 Å². The van der Waals surface area contributed by atoms with Gasteiger partial charge >= 0.3 is 0 Å². The van der Waals surface area contributed by atoms with Crippen molar-refractivity contribution in [2.24, 2.45) is 5.41 Å². The van der Waals surface area contributed by atoms with Gasteiger partial charge in [0.1, 0.15) is 0 Å². The largest absolute Gasteiger partial charge is 0.295 e. The first-order valence-electron chi connectivity index (χ1n) is 6.59. The van der Waals surface area contributed by atoms with E-state index in [1.807, 2.05) is 12.1 Å². The average Bonchev–Trinajstić information content (AvgIpc) is 2.96. The molecular formula is C14H20BrNOS.